The van der Waals surface area contributed by atoms with E-state index in [9.17, 15) is 15.2 Å². The number of carbonyl (C=O) groups is 1. The number of benzene rings is 2. The number of aromatic carboxylic acids is 1. The zero-order chi connectivity index (χ0) is 19.2. The molecule has 27 heavy (non-hydrogen) atoms. The van der Waals surface area contributed by atoms with Crippen molar-refractivity contribution in [2.45, 2.75) is 6.54 Å². The number of pyridine rings is 1. The molecule has 1 heterocycles. The Kier molecular flexibility index (Phi) is 5.33. The molecule has 1 aromatic heterocycles. The minimum Gasteiger partial charge on any atom is -0.545 e. The molecule has 2 N–H and O–H groups in total. The monoisotopic (exact) mass is 359 g/mol. The number of ether oxygens (including phenoxy) is 1. The predicted octanol–water partition coefficient (Wildman–Crippen LogP) is 2.02. The first-order valence-corrected chi connectivity index (χ1v) is 8.25. The smallest absolute Gasteiger partial charge is 0.291 e. The van der Waals surface area contributed by atoms with Crippen LogP contribution in [0.1, 0.15) is 21.5 Å². The van der Waals surface area contributed by atoms with Gasteiger partial charge in [-0.05, 0) is 47.5 Å². The number of aromatic nitrogens is 1. The summed E-state index contributed by atoms with van der Waals surface area (Å²) in [7, 11) is 1.62. The van der Waals surface area contributed by atoms with Gasteiger partial charge in [-0.3, -0.25) is 5.32 Å². The number of carboxylic acid groups (broad SMARTS) is 1. The van der Waals surface area contributed by atoms with E-state index in [1.807, 2.05) is 30.3 Å². The Morgan fingerprint density at radius 3 is 2.41 bits per heavy atom. The highest BCUT2D eigenvalue weighted by Crippen LogP contribution is 2.21. The lowest BCUT2D eigenvalue weighted by Gasteiger charge is -2.06. The Bertz CT molecular complexity index is 991. The third kappa shape index (κ3) is 4.22. The van der Waals surface area contributed by atoms with Crippen molar-refractivity contribution in [2.24, 2.45) is 0 Å². The van der Waals surface area contributed by atoms with Gasteiger partial charge in [-0.15, -0.1) is 0 Å². The Morgan fingerprint density at radius 1 is 1.11 bits per heavy atom. The van der Waals surface area contributed by atoms with Gasteiger partial charge in [0.05, 0.1) is 13.1 Å². The molecule has 0 saturated carbocycles. The quantitative estimate of drug-likeness (QED) is 0.726. The fraction of sp³-hybridized carbons (Fsp3) is 0.0952. The van der Waals surface area contributed by atoms with Gasteiger partial charge in [0.2, 0.25) is 0 Å². The minimum atomic E-state index is -1.21. The molecule has 134 valence electrons. The molecule has 0 bridgehead atoms. The van der Waals surface area contributed by atoms with Crippen molar-refractivity contribution < 1.29 is 19.6 Å². The highest BCUT2D eigenvalue weighted by Gasteiger charge is 2.13. The first kappa shape index (κ1) is 18.0. The number of H-pyrrole nitrogens is 1. The van der Waals surface area contributed by atoms with Crippen molar-refractivity contribution in [1.82, 2.24) is 0 Å². The molecule has 0 amide bonds. The summed E-state index contributed by atoms with van der Waals surface area (Å²) >= 11 is 0. The van der Waals surface area contributed by atoms with E-state index in [-0.39, 0.29) is 5.56 Å². The van der Waals surface area contributed by atoms with Gasteiger partial charge in [-0.25, -0.2) is 4.98 Å². The van der Waals surface area contributed by atoms with Crippen LogP contribution in [0.2, 0.25) is 0 Å². The molecule has 0 saturated heterocycles. The zero-order valence-corrected chi connectivity index (χ0v) is 14.7. The van der Waals surface area contributed by atoms with Gasteiger partial charge in [-0.1, -0.05) is 24.3 Å². The molecule has 0 atom stereocenters. The van der Waals surface area contributed by atoms with Crippen molar-refractivity contribution >= 4 is 11.8 Å². The molecule has 0 aliphatic heterocycles. The number of rotatable bonds is 6. The topological polar surface area (TPSA) is 99.3 Å². The number of nitrogens with zero attached hydrogens (tertiary/aromatic N) is 1. The van der Waals surface area contributed by atoms with E-state index >= 15 is 0 Å². The molecule has 0 spiro atoms. The molecule has 0 aliphatic carbocycles. The van der Waals surface area contributed by atoms with E-state index in [2.05, 4.69) is 16.4 Å². The standard InChI is InChI=1S/C21H17N3O3/c1-27-18-9-6-15(7-10-18)19-11-8-17(12-22)20(24-19)23-13-14-2-4-16(5-3-14)21(25)26/h2-11H,13H2,1H3,(H,23,24)(H,25,26). The average molecular weight is 359 g/mol. The highest BCUT2D eigenvalue weighted by atomic mass is 16.5. The van der Waals surface area contributed by atoms with E-state index in [4.69, 9.17) is 4.74 Å². The molecule has 0 aliphatic rings. The van der Waals surface area contributed by atoms with E-state index < -0.39 is 5.97 Å². The van der Waals surface area contributed by atoms with Crippen LogP contribution in [0, 0.1) is 11.3 Å². The van der Waals surface area contributed by atoms with Crippen molar-refractivity contribution in [3.63, 3.8) is 0 Å². The van der Waals surface area contributed by atoms with Crippen LogP contribution in [0.3, 0.4) is 0 Å². The van der Waals surface area contributed by atoms with Crippen LogP contribution >= 0.6 is 0 Å². The SMILES string of the molecule is COc1ccc(-c2ccc(C#N)c(NCc3ccc(C(=O)[O-])cc3)[nH+]2)cc1. The van der Waals surface area contributed by atoms with Gasteiger partial charge in [-0.2, -0.15) is 5.26 Å². The maximum absolute atomic E-state index is 10.8. The number of nitriles is 1. The lowest BCUT2D eigenvalue weighted by molar-refractivity contribution is -0.348. The van der Waals surface area contributed by atoms with Gasteiger partial charge < -0.3 is 14.6 Å². The lowest BCUT2D eigenvalue weighted by atomic mass is 10.1. The highest BCUT2D eigenvalue weighted by molar-refractivity contribution is 5.85. The number of hydrogen-bond acceptors (Lipinski definition) is 5. The maximum Gasteiger partial charge on any atom is 0.291 e. The van der Waals surface area contributed by atoms with Crippen LogP contribution in [0.4, 0.5) is 5.82 Å². The Morgan fingerprint density at radius 2 is 1.81 bits per heavy atom. The summed E-state index contributed by atoms with van der Waals surface area (Å²) in [5.74, 6) is 0.155. The molecule has 0 unspecified atom stereocenters. The molecule has 6 nitrogen and oxygen atoms in total. The van der Waals surface area contributed by atoms with Gasteiger partial charge >= 0.3 is 0 Å². The summed E-state index contributed by atoms with van der Waals surface area (Å²) in [6, 6.07) is 19.7. The summed E-state index contributed by atoms with van der Waals surface area (Å²) in [6.45, 7) is 0.435. The molecule has 3 rings (SSSR count). The molecular formula is C21H17N3O3. The number of aromatic amines is 1. The molecule has 0 fully saturated rings. The summed E-state index contributed by atoms with van der Waals surface area (Å²) in [5.41, 5.74) is 3.31. The lowest BCUT2D eigenvalue weighted by Crippen LogP contribution is -2.22. The molecule has 0 radical (unpaired) electrons. The molecule has 2 aromatic carbocycles. The number of methoxy groups -OCH3 is 1. The number of carbonyl (C=O) groups excluding carboxylic acids is 1. The average Bonchev–Trinajstić information content (AvgIpc) is 2.72. The van der Waals surface area contributed by atoms with Crippen LogP contribution in [0.25, 0.3) is 11.3 Å². The Hall–Kier alpha value is -3.85. The van der Waals surface area contributed by atoms with Gasteiger partial charge in [0.15, 0.2) is 0 Å². The third-order valence-corrected chi connectivity index (χ3v) is 4.13. The summed E-state index contributed by atoms with van der Waals surface area (Å²) < 4.78 is 5.17. The number of anilines is 1. The van der Waals surface area contributed by atoms with E-state index in [0.29, 0.717) is 17.9 Å². The first-order chi connectivity index (χ1) is 13.1. The predicted molar refractivity (Wildman–Crippen MR) is 97.8 cm³/mol. The van der Waals surface area contributed by atoms with Crippen molar-refractivity contribution in [2.75, 3.05) is 12.4 Å². The number of hydrogen-bond donors (Lipinski definition) is 1. The van der Waals surface area contributed by atoms with Crippen LogP contribution in [-0.4, -0.2) is 13.1 Å². The van der Waals surface area contributed by atoms with E-state index in [1.165, 1.54) is 12.1 Å². The Balaban J connectivity index is 1.81. The van der Waals surface area contributed by atoms with Crippen LogP contribution in [-0.2, 0) is 6.54 Å². The van der Waals surface area contributed by atoms with Crippen molar-refractivity contribution in [3.8, 4) is 23.1 Å². The third-order valence-electron chi connectivity index (χ3n) is 4.13. The second-order valence-corrected chi connectivity index (χ2v) is 5.84. The Labute approximate surface area is 156 Å². The van der Waals surface area contributed by atoms with Crippen molar-refractivity contribution in [1.29, 1.82) is 5.26 Å². The maximum atomic E-state index is 10.8. The first-order valence-electron chi connectivity index (χ1n) is 8.25. The van der Waals surface area contributed by atoms with Crippen LogP contribution in [0.5, 0.6) is 5.75 Å². The normalized spacial score (nSPS) is 10.1. The van der Waals surface area contributed by atoms with Gasteiger partial charge in [0.25, 0.3) is 5.82 Å². The van der Waals surface area contributed by atoms with Crippen LogP contribution in [0.15, 0.2) is 60.7 Å². The second-order valence-electron chi connectivity index (χ2n) is 5.84. The van der Waals surface area contributed by atoms with Crippen molar-refractivity contribution in [3.05, 3.63) is 77.4 Å². The summed E-state index contributed by atoms with van der Waals surface area (Å²) in [5, 5.41) is 23.4. The molecule has 3 aromatic rings. The fourth-order valence-corrected chi connectivity index (χ4v) is 2.61. The number of nitrogens with one attached hydrogen (secondary N) is 2. The second kappa shape index (κ2) is 8.02. The minimum absolute atomic E-state index is 0.129. The summed E-state index contributed by atoms with van der Waals surface area (Å²) in [4.78, 5) is 14.1. The van der Waals surface area contributed by atoms with E-state index in [0.717, 1.165) is 22.6 Å². The van der Waals surface area contributed by atoms with Crippen LogP contribution < -0.4 is 20.1 Å². The largest absolute Gasteiger partial charge is 0.545 e. The molecule has 6 heteroatoms. The van der Waals surface area contributed by atoms with Gasteiger partial charge in [0.1, 0.15) is 29.6 Å². The zero-order valence-electron chi connectivity index (χ0n) is 14.7. The van der Waals surface area contributed by atoms with E-state index in [1.54, 1.807) is 25.3 Å². The fourth-order valence-electron chi connectivity index (χ4n) is 2.61. The summed E-state index contributed by atoms with van der Waals surface area (Å²) in [6.07, 6.45) is 0. The number of carboxylic acids is 1. The molecular weight excluding hydrogens is 342 g/mol. The van der Waals surface area contributed by atoms with Gasteiger partial charge in [0, 0.05) is 5.56 Å².